The van der Waals surface area contributed by atoms with Crippen molar-refractivity contribution in [2.75, 3.05) is 13.7 Å². The molecule has 0 aliphatic carbocycles. The number of hydrogen-bond acceptors (Lipinski definition) is 3. The quantitative estimate of drug-likeness (QED) is 0.895. The summed E-state index contributed by atoms with van der Waals surface area (Å²) in [7, 11) is 1.64. The highest BCUT2D eigenvalue weighted by Crippen LogP contribution is 2.35. The highest BCUT2D eigenvalue weighted by molar-refractivity contribution is 9.10. The fourth-order valence-corrected chi connectivity index (χ4v) is 2.58. The molecule has 0 spiro atoms. The van der Waals surface area contributed by atoms with E-state index >= 15 is 0 Å². The molecule has 1 aromatic rings. The van der Waals surface area contributed by atoms with Crippen LogP contribution < -0.4 is 10.5 Å². The second kappa shape index (κ2) is 5.66. The van der Waals surface area contributed by atoms with Crippen LogP contribution in [-0.2, 0) is 0 Å². The minimum atomic E-state index is -0.369. The van der Waals surface area contributed by atoms with E-state index in [1.807, 2.05) is 12.1 Å². The van der Waals surface area contributed by atoms with E-state index in [1.54, 1.807) is 7.11 Å². The molecule has 1 unspecified atom stereocenters. The van der Waals surface area contributed by atoms with Crippen LogP contribution in [0.25, 0.3) is 0 Å². The number of aliphatic hydroxyl groups excluding tert-OH is 1. The van der Waals surface area contributed by atoms with E-state index in [-0.39, 0.29) is 12.6 Å². The van der Waals surface area contributed by atoms with Gasteiger partial charge in [0.1, 0.15) is 5.75 Å². The number of halogens is 1. The van der Waals surface area contributed by atoms with E-state index in [2.05, 4.69) is 29.8 Å². The monoisotopic (exact) mass is 287 g/mol. The maximum atomic E-state index is 9.04. The third-order valence-corrected chi connectivity index (χ3v) is 3.19. The summed E-state index contributed by atoms with van der Waals surface area (Å²) in [6, 6.07) is 3.46. The Morgan fingerprint density at radius 3 is 2.50 bits per heavy atom. The molecule has 0 heterocycles. The second-order valence-corrected chi connectivity index (χ2v) is 4.92. The van der Waals surface area contributed by atoms with Crippen LogP contribution in [0, 0.1) is 0 Å². The molecule has 0 aliphatic heterocycles. The zero-order chi connectivity index (χ0) is 12.3. The molecule has 90 valence electrons. The number of rotatable bonds is 4. The summed E-state index contributed by atoms with van der Waals surface area (Å²) in [4.78, 5) is 0. The zero-order valence-electron chi connectivity index (χ0n) is 9.83. The van der Waals surface area contributed by atoms with Gasteiger partial charge >= 0.3 is 0 Å². The van der Waals surface area contributed by atoms with Crippen LogP contribution in [-0.4, -0.2) is 18.8 Å². The van der Waals surface area contributed by atoms with Crippen molar-refractivity contribution in [2.24, 2.45) is 5.73 Å². The van der Waals surface area contributed by atoms with Crippen molar-refractivity contribution in [1.29, 1.82) is 0 Å². The van der Waals surface area contributed by atoms with Crippen molar-refractivity contribution in [3.63, 3.8) is 0 Å². The molecule has 0 fully saturated rings. The molecule has 0 aromatic heterocycles. The Hall–Kier alpha value is -0.580. The van der Waals surface area contributed by atoms with Crippen molar-refractivity contribution in [2.45, 2.75) is 25.8 Å². The van der Waals surface area contributed by atoms with Crippen molar-refractivity contribution >= 4 is 15.9 Å². The highest BCUT2D eigenvalue weighted by Gasteiger charge is 2.15. The standard InChI is InChI=1S/C12H18BrNO2/c1-7(2)12-9(13)4-8(10(14)6-15)5-11(12)16-3/h4-5,7,10,15H,6,14H2,1-3H3. The maximum absolute atomic E-state index is 9.04. The summed E-state index contributed by atoms with van der Waals surface area (Å²) in [5, 5.41) is 9.04. The van der Waals surface area contributed by atoms with Gasteiger partial charge in [-0.15, -0.1) is 0 Å². The Morgan fingerprint density at radius 1 is 1.44 bits per heavy atom. The predicted octanol–water partition coefficient (Wildman–Crippen LogP) is 2.57. The summed E-state index contributed by atoms with van der Waals surface area (Å²) in [5.41, 5.74) is 7.78. The zero-order valence-corrected chi connectivity index (χ0v) is 11.4. The molecule has 0 saturated carbocycles. The van der Waals surface area contributed by atoms with Gasteiger partial charge in [0, 0.05) is 10.0 Å². The average Bonchev–Trinajstić information content (AvgIpc) is 2.26. The molecule has 0 saturated heterocycles. The van der Waals surface area contributed by atoms with Gasteiger partial charge in [-0.05, 0) is 23.6 Å². The molecule has 0 bridgehead atoms. The Balaban J connectivity index is 3.26. The molecule has 3 nitrogen and oxygen atoms in total. The van der Waals surface area contributed by atoms with Crippen molar-refractivity contribution < 1.29 is 9.84 Å². The molecule has 0 amide bonds. The molecule has 3 N–H and O–H groups in total. The largest absolute Gasteiger partial charge is 0.496 e. The van der Waals surface area contributed by atoms with E-state index in [1.165, 1.54) is 0 Å². The highest BCUT2D eigenvalue weighted by atomic mass is 79.9. The molecular weight excluding hydrogens is 270 g/mol. The summed E-state index contributed by atoms with van der Waals surface area (Å²) in [6.45, 7) is 4.14. The van der Waals surface area contributed by atoms with Gasteiger partial charge in [-0.3, -0.25) is 0 Å². The third kappa shape index (κ3) is 2.75. The predicted molar refractivity (Wildman–Crippen MR) is 68.8 cm³/mol. The van der Waals surface area contributed by atoms with Crippen LogP contribution in [0.2, 0.25) is 0 Å². The third-order valence-electron chi connectivity index (χ3n) is 2.54. The summed E-state index contributed by atoms with van der Waals surface area (Å²) in [5.74, 6) is 1.17. The number of methoxy groups -OCH3 is 1. The van der Waals surface area contributed by atoms with E-state index < -0.39 is 0 Å². The average molecular weight is 288 g/mol. The lowest BCUT2D eigenvalue weighted by Gasteiger charge is -2.17. The van der Waals surface area contributed by atoms with Crippen molar-refractivity contribution in [3.05, 3.63) is 27.7 Å². The fourth-order valence-electron chi connectivity index (χ4n) is 1.66. The number of aliphatic hydroxyl groups is 1. The first-order valence-electron chi connectivity index (χ1n) is 5.25. The lowest BCUT2D eigenvalue weighted by atomic mass is 9.98. The summed E-state index contributed by atoms with van der Waals surface area (Å²) in [6.07, 6.45) is 0. The van der Waals surface area contributed by atoms with Crippen LogP contribution in [0.15, 0.2) is 16.6 Å². The van der Waals surface area contributed by atoms with Gasteiger partial charge in [0.15, 0.2) is 0 Å². The molecule has 1 atom stereocenters. The van der Waals surface area contributed by atoms with E-state index in [4.69, 9.17) is 15.6 Å². The van der Waals surface area contributed by atoms with Crippen LogP contribution in [0.4, 0.5) is 0 Å². The Labute approximate surface area is 105 Å². The number of ether oxygens (including phenoxy) is 1. The lowest BCUT2D eigenvalue weighted by Crippen LogP contribution is -2.15. The second-order valence-electron chi connectivity index (χ2n) is 4.06. The maximum Gasteiger partial charge on any atom is 0.123 e. The fraction of sp³-hybridized carbons (Fsp3) is 0.500. The van der Waals surface area contributed by atoms with E-state index in [0.29, 0.717) is 5.92 Å². The first kappa shape index (κ1) is 13.5. The minimum absolute atomic E-state index is 0.0728. The molecule has 0 aliphatic rings. The lowest BCUT2D eigenvalue weighted by molar-refractivity contribution is 0.267. The normalized spacial score (nSPS) is 12.9. The van der Waals surface area contributed by atoms with Gasteiger partial charge in [0.05, 0.1) is 19.8 Å². The van der Waals surface area contributed by atoms with Crippen molar-refractivity contribution in [3.8, 4) is 5.75 Å². The van der Waals surface area contributed by atoms with Gasteiger partial charge in [0.25, 0.3) is 0 Å². The van der Waals surface area contributed by atoms with Crippen LogP contribution in [0.3, 0.4) is 0 Å². The molecule has 0 radical (unpaired) electrons. The molecule has 1 rings (SSSR count). The summed E-state index contributed by atoms with van der Waals surface area (Å²) < 4.78 is 6.33. The molecule has 16 heavy (non-hydrogen) atoms. The Morgan fingerprint density at radius 2 is 2.06 bits per heavy atom. The SMILES string of the molecule is COc1cc(C(N)CO)cc(Br)c1C(C)C. The minimum Gasteiger partial charge on any atom is -0.496 e. The van der Waals surface area contributed by atoms with E-state index in [9.17, 15) is 0 Å². The van der Waals surface area contributed by atoms with Crippen LogP contribution in [0.5, 0.6) is 5.75 Å². The van der Waals surface area contributed by atoms with Gasteiger partial charge in [0.2, 0.25) is 0 Å². The number of benzene rings is 1. The number of nitrogens with two attached hydrogens (primary N) is 1. The van der Waals surface area contributed by atoms with Gasteiger partial charge < -0.3 is 15.6 Å². The molecule has 1 aromatic carbocycles. The first-order valence-corrected chi connectivity index (χ1v) is 6.04. The smallest absolute Gasteiger partial charge is 0.123 e. The topological polar surface area (TPSA) is 55.5 Å². The number of hydrogen-bond donors (Lipinski definition) is 2. The van der Waals surface area contributed by atoms with Crippen LogP contribution >= 0.6 is 15.9 Å². The Bertz CT molecular complexity index is 366. The van der Waals surface area contributed by atoms with Crippen LogP contribution in [0.1, 0.15) is 36.9 Å². The molecule has 4 heteroatoms. The Kier molecular flexibility index (Phi) is 4.77. The first-order chi connectivity index (χ1) is 7.51. The van der Waals surface area contributed by atoms with E-state index in [0.717, 1.165) is 21.3 Å². The van der Waals surface area contributed by atoms with Gasteiger partial charge in [-0.25, -0.2) is 0 Å². The summed E-state index contributed by atoms with van der Waals surface area (Å²) >= 11 is 3.52. The van der Waals surface area contributed by atoms with Gasteiger partial charge in [-0.1, -0.05) is 29.8 Å². The molecular formula is C12H18BrNO2. The van der Waals surface area contributed by atoms with Gasteiger partial charge in [-0.2, -0.15) is 0 Å². The van der Waals surface area contributed by atoms with Crippen molar-refractivity contribution in [1.82, 2.24) is 0 Å².